The van der Waals surface area contributed by atoms with Crippen molar-refractivity contribution in [1.82, 2.24) is 14.8 Å². The molecule has 0 saturated carbocycles. The molecule has 1 aromatic carbocycles. The molecule has 0 unspecified atom stereocenters. The Hall–Kier alpha value is -1.74. The van der Waals surface area contributed by atoms with E-state index in [-0.39, 0.29) is 16.3 Å². The molecule has 2 aromatic rings. The number of nitrogens with one attached hydrogen (secondary N) is 1. The van der Waals surface area contributed by atoms with Crippen molar-refractivity contribution in [2.75, 3.05) is 0 Å². The molecule has 102 valence electrons. The Balaban J connectivity index is 2.65. The summed E-state index contributed by atoms with van der Waals surface area (Å²) < 4.78 is 52.1. The maximum absolute atomic E-state index is 13.2. The fraction of sp³-hybridized carbons (Fsp3) is 0.200. The topological polar surface area (TPSA) is 53.8 Å². The fourth-order valence-electron chi connectivity index (χ4n) is 1.57. The summed E-state index contributed by atoms with van der Waals surface area (Å²) in [5.74, 6) is -1.35. The monoisotopic (exact) mass is 293 g/mol. The molecular formula is C10H7F4N3OS. The van der Waals surface area contributed by atoms with Crippen LogP contribution in [0.15, 0.2) is 18.2 Å². The van der Waals surface area contributed by atoms with Gasteiger partial charge in [-0.2, -0.15) is 18.3 Å². The molecule has 1 heterocycles. The van der Waals surface area contributed by atoms with Gasteiger partial charge in [0.05, 0.1) is 11.3 Å². The van der Waals surface area contributed by atoms with Crippen LogP contribution >= 0.6 is 12.2 Å². The number of H-pyrrole nitrogens is 1. The minimum atomic E-state index is -4.81. The Labute approximate surface area is 109 Å². The number of aliphatic hydroxyl groups excluding tert-OH is 1. The highest BCUT2D eigenvalue weighted by Crippen LogP contribution is 2.32. The van der Waals surface area contributed by atoms with Crippen LogP contribution in [0.2, 0.25) is 0 Å². The van der Waals surface area contributed by atoms with E-state index in [1.807, 2.05) is 0 Å². The van der Waals surface area contributed by atoms with Crippen LogP contribution in [0.3, 0.4) is 0 Å². The average Bonchev–Trinajstić information content (AvgIpc) is 2.70. The van der Waals surface area contributed by atoms with Gasteiger partial charge in [-0.3, -0.25) is 9.67 Å². The molecule has 0 atom stereocenters. The number of benzene rings is 1. The van der Waals surface area contributed by atoms with Crippen LogP contribution in [-0.2, 0) is 12.8 Å². The summed E-state index contributed by atoms with van der Waals surface area (Å²) in [7, 11) is 0. The lowest BCUT2D eigenvalue weighted by Crippen LogP contribution is -2.10. The molecule has 1 aromatic heterocycles. The molecule has 4 nitrogen and oxygen atoms in total. The molecule has 0 fully saturated rings. The first-order chi connectivity index (χ1) is 8.84. The Kier molecular flexibility index (Phi) is 3.42. The lowest BCUT2D eigenvalue weighted by atomic mass is 10.2. The van der Waals surface area contributed by atoms with Crippen molar-refractivity contribution in [2.24, 2.45) is 0 Å². The SMILES string of the molecule is OCc1n[nH]c(=S)n1-c1ccc(F)c(C(F)(F)F)c1. The number of halogens is 4. The van der Waals surface area contributed by atoms with Crippen molar-refractivity contribution in [2.45, 2.75) is 12.8 Å². The molecule has 0 bridgehead atoms. The summed E-state index contributed by atoms with van der Waals surface area (Å²) in [6.07, 6.45) is -4.81. The van der Waals surface area contributed by atoms with Crippen molar-refractivity contribution in [3.8, 4) is 5.69 Å². The highest BCUT2D eigenvalue weighted by Gasteiger charge is 2.34. The van der Waals surface area contributed by atoms with Gasteiger partial charge in [0, 0.05) is 0 Å². The number of hydrogen-bond acceptors (Lipinski definition) is 3. The quantitative estimate of drug-likeness (QED) is 0.661. The molecular weight excluding hydrogens is 286 g/mol. The average molecular weight is 293 g/mol. The Morgan fingerprint density at radius 3 is 2.63 bits per heavy atom. The Morgan fingerprint density at radius 2 is 2.05 bits per heavy atom. The third kappa shape index (κ3) is 2.51. The first-order valence-corrected chi connectivity index (χ1v) is 5.39. The molecule has 0 spiro atoms. The van der Waals surface area contributed by atoms with E-state index in [0.29, 0.717) is 12.1 Å². The van der Waals surface area contributed by atoms with Gasteiger partial charge in [0.2, 0.25) is 0 Å². The van der Waals surface area contributed by atoms with E-state index in [1.54, 1.807) is 0 Å². The van der Waals surface area contributed by atoms with Gasteiger partial charge in [0.25, 0.3) is 0 Å². The highest BCUT2D eigenvalue weighted by atomic mass is 32.1. The third-order valence-electron chi connectivity index (χ3n) is 2.40. The first-order valence-electron chi connectivity index (χ1n) is 4.99. The van der Waals surface area contributed by atoms with E-state index in [1.165, 1.54) is 0 Å². The molecule has 0 saturated heterocycles. The van der Waals surface area contributed by atoms with Gasteiger partial charge >= 0.3 is 6.18 Å². The van der Waals surface area contributed by atoms with Crippen LogP contribution in [0.1, 0.15) is 11.4 Å². The second-order valence-corrected chi connectivity index (χ2v) is 3.99. The number of aromatic amines is 1. The van der Waals surface area contributed by atoms with E-state index in [2.05, 4.69) is 10.2 Å². The van der Waals surface area contributed by atoms with Crippen LogP contribution in [0, 0.1) is 10.6 Å². The third-order valence-corrected chi connectivity index (χ3v) is 2.67. The standard InChI is InChI=1S/C10H7F4N3OS/c11-7-2-1-5(3-6(7)10(12,13)14)17-8(4-18)15-16-9(17)19/h1-3,18H,4H2,(H,16,19). The predicted octanol–water partition coefficient (Wildman–Crippen LogP) is 2.58. The molecule has 19 heavy (non-hydrogen) atoms. The summed E-state index contributed by atoms with van der Waals surface area (Å²) in [5.41, 5.74) is -1.44. The number of aliphatic hydroxyl groups is 1. The summed E-state index contributed by atoms with van der Waals surface area (Å²) in [6.45, 7) is -0.522. The number of rotatable bonds is 2. The molecule has 2 N–H and O–H groups in total. The van der Waals surface area contributed by atoms with Crippen molar-refractivity contribution < 1.29 is 22.7 Å². The second kappa shape index (κ2) is 4.74. The summed E-state index contributed by atoms with van der Waals surface area (Å²) >= 11 is 4.85. The van der Waals surface area contributed by atoms with Gasteiger partial charge in [0.1, 0.15) is 12.4 Å². The van der Waals surface area contributed by atoms with Crippen molar-refractivity contribution >= 4 is 12.2 Å². The minimum absolute atomic E-state index is 0.00350. The van der Waals surface area contributed by atoms with E-state index >= 15 is 0 Å². The van der Waals surface area contributed by atoms with Crippen LogP contribution in [0.25, 0.3) is 5.69 Å². The van der Waals surface area contributed by atoms with E-state index < -0.39 is 24.2 Å². The van der Waals surface area contributed by atoms with Crippen LogP contribution in [-0.4, -0.2) is 19.9 Å². The summed E-state index contributed by atoms with van der Waals surface area (Å²) in [4.78, 5) is 0. The molecule has 0 amide bonds. The molecule has 0 radical (unpaired) electrons. The molecule has 0 aliphatic rings. The number of nitrogens with zero attached hydrogens (tertiary/aromatic N) is 2. The zero-order valence-electron chi connectivity index (χ0n) is 9.20. The Morgan fingerprint density at radius 1 is 1.37 bits per heavy atom. The molecule has 0 aliphatic carbocycles. The van der Waals surface area contributed by atoms with Crippen molar-refractivity contribution in [3.63, 3.8) is 0 Å². The van der Waals surface area contributed by atoms with E-state index in [0.717, 1.165) is 10.6 Å². The summed E-state index contributed by atoms with van der Waals surface area (Å²) in [5, 5.41) is 15.0. The van der Waals surface area contributed by atoms with Crippen LogP contribution in [0.5, 0.6) is 0 Å². The second-order valence-electron chi connectivity index (χ2n) is 3.60. The fourth-order valence-corrected chi connectivity index (χ4v) is 1.83. The van der Waals surface area contributed by atoms with Gasteiger partial charge in [-0.25, -0.2) is 4.39 Å². The number of alkyl halides is 3. The lowest BCUT2D eigenvalue weighted by Gasteiger charge is -2.11. The van der Waals surface area contributed by atoms with Gasteiger partial charge in [-0.05, 0) is 30.4 Å². The van der Waals surface area contributed by atoms with Crippen molar-refractivity contribution in [3.05, 3.63) is 40.2 Å². The predicted molar refractivity (Wildman–Crippen MR) is 59.6 cm³/mol. The smallest absolute Gasteiger partial charge is 0.388 e. The molecule has 9 heteroatoms. The van der Waals surface area contributed by atoms with Gasteiger partial charge in [-0.15, -0.1) is 0 Å². The van der Waals surface area contributed by atoms with E-state index in [9.17, 15) is 17.6 Å². The van der Waals surface area contributed by atoms with Crippen LogP contribution in [0.4, 0.5) is 17.6 Å². The zero-order chi connectivity index (χ0) is 14.2. The zero-order valence-corrected chi connectivity index (χ0v) is 10.0. The van der Waals surface area contributed by atoms with E-state index in [4.69, 9.17) is 17.3 Å². The number of aromatic nitrogens is 3. The van der Waals surface area contributed by atoms with Crippen LogP contribution < -0.4 is 0 Å². The largest absolute Gasteiger partial charge is 0.419 e. The minimum Gasteiger partial charge on any atom is -0.388 e. The maximum atomic E-state index is 13.2. The summed E-state index contributed by atoms with van der Waals surface area (Å²) in [6, 6.07) is 2.42. The van der Waals surface area contributed by atoms with Gasteiger partial charge in [-0.1, -0.05) is 0 Å². The first kappa shape index (κ1) is 13.7. The molecule has 0 aliphatic heterocycles. The Bertz CT molecular complexity index is 662. The lowest BCUT2D eigenvalue weighted by molar-refractivity contribution is -0.140. The normalized spacial score (nSPS) is 11.8. The maximum Gasteiger partial charge on any atom is 0.419 e. The highest BCUT2D eigenvalue weighted by molar-refractivity contribution is 7.71. The van der Waals surface area contributed by atoms with Gasteiger partial charge in [0.15, 0.2) is 10.6 Å². The van der Waals surface area contributed by atoms with Crippen molar-refractivity contribution in [1.29, 1.82) is 0 Å². The number of hydrogen-bond donors (Lipinski definition) is 2. The molecule has 2 rings (SSSR count). The van der Waals surface area contributed by atoms with Gasteiger partial charge < -0.3 is 5.11 Å².